The van der Waals surface area contributed by atoms with Gasteiger partial charge in [-0.15, -0.1) is 0 Å². The number of unbranched alkanes of at least 4 members (excludes halogenated alkanes) is 24. The van der Waals surface area contributed by atoms with E-state index >= 15 is 0 Å². The van der Waals surface area contributed by atoms with Gasteiger partial charge in [0.25, 0.3) is 0 Å². The number of hydrogen-bond donors (Lipinski definition) is 3. The number of amides is 1. The van der Waals surface area contributed by atoms with Gasteiger partial charge in [-0.25, -0.2) is 4.57 Å². The van der Waals surface area contributed by atoms with Gasteiger partial charge in [-0.2, -0.15) is 0 Å². The molecule has 324 valence electrons. The summed E-state index contributed by atoms with van der Waals surface area (Å²) in [7, 11) is 1.57. The van der Waals surface area contributed by atoms with Crippen LogP contribution in [0, 0.1) is 0 Å². The average molecular weight is 798 g/mol. The van der Waals surface area contributed by atoms with Crippen LogP contribution in [0.25, 0.3) is 0 Å². The number of likely N-dealkylation sites (N-methyl/N-ethyl adjacent to an activating group) is 1. The lowest BCUT2D eigenvalue weighted by Crippen LogP contribution is -2.45. The summed E-state index contributed by atoms with van der Waals surface area (Å²) in [5.74, 6) is -0.179. The third-order valence-electron chi connectivity index (χ3n) is 10.1. The smallest absolute Gasteiger partial charge is 0.387 e. The van der Waals surface area contributed by atoms with Crippen LogP contribution in [0.4, 0.5) is 0 Å². The van der Waals surface area contributed by atoms with Gasteiger partial charge in [0.2, 0.25) is 5.91 Å². The highest BCUT2D eigenvalue weighted by Crippen LogP contribution is 2.43. The summed E-state index contributed by atoms with van der Waals surface area (Å²) in [5.41, 5.74) is 0. The number of nitrogens with zero attached hydrogens (tertiary/aromatic N) is 1. The van der Waals surface area contributed by atoms with Crippen molar-refractivity contribution in [1.29, 1.82) is 0 Å². The van der Waals surface area contributed by atoms with Gasteiger partial charge in [0.1, 0.15) is 13.2 Å². The summed E-state index contributed by atoms with van der Waals surface area (Å²) in [4.78, 5) is 23.1. The Morgan fingerprint density at radius 2 is 1.09 bits per heavy atom. The first-order chi connectivity index (χ1) is 26.5. The van der Waals surface area contributed by atoms with Gasteiger partial charge >= 0.3 is 7.82 Å². The summed E-state index contributed by atoms with van der Waals surface area (Å²) in [6, 6.07) is -0.843. The molecule has 55 heavy (non-hydrogen) atoms. The molecule has 0 bridgehead atoms. The normalized spacial score (nSPS) is 14.7. The minimum atomic E-state index is -4.33. The molecule has 0 aromatic carbocycles. The fraction of sp³-hybridized carbons (Fsp3) is 0.848. The number of carbonyl (C=O) groups is 1. The SMILES string of the molecule is CC/C=C\C/C=C\CCCCCCCCCCCCCCCCC(=O)NC(COP(=O)(O)OCC[N+](C)(C)C)C(O)/C=C/CCCCCCCCCCCC. The Morgan fingerprint density at radius 1 is 0.636 bits per heavy atom. The molecule has 0 aromatic rings. The van der Waals surface area contributed by atoms with Crippen LogP contribution >= 0.6 is 7.82 Å². The number of allylic oxidation sites excluding steroid dienone is 5. The Labute approximate surface area is 340 Å². The molecule has 0 fully saturated rings. The molecule has 0 radical (unpaired) electrons. The van der Waals surface area contributed by atoms with Crippen molar-refractivity contribution in [2.24, 2.45) is 0 Å². The lowest BCUT2D eigenvalue weighted by molar-refractivity contribution is -0.870. The van der Waals surface area contributed by atoms with E-state index in [0.29, 0.717) is 17.4 Å². The fourth-order valence-corrected chi connectivity index (χ4v) is 7.23. The average Bonchev–Trinajstić information content (AvgIpc) is 3.13. The number of aliphatic hydroxyl groups excluding tert-OH is 1. The Bertz CT molecular complexity index is 995. The number of quaternary nitrogens is 1. The van der Waals surface area contributed by atoms with E-state index in [0.717, 1.165) is 51.4 Å². The molecule has 0 aliphatic heterocycles. The Hall–Kier alpha value is -1.28. The number of carbonyl (C=O) groups excluding carboxylic acids is 1. The predicted molar refractivity (Wildman–Crippen MR) is 235 cm³/mol. The van der Waals surface area contributed by atoms with Crippen LogP contribution in [-0.2, 0) is 18.4 Å². The zero-order chi connectivity index (χ0) is 40.7. The van der Waals surface area contributed by atoms with Crippen molar-refractivity contribution in [2.45, 2.75) is 212 Å². The van der Waals surface area contributed by atoms with Crippen LogP contribution in [0.3, 0.4) is 0 Å². The van der Waals surface area contributed by atoms with Crippen LogP contribution in [0.1, 0.15) is 200 Å². The van der Waals surface area contributed by atoms with Gasteiger partial charge in [0, 0.05) is 6.42 Å². The molecular weight excluding hydrogens is 707 g/mol. The fourth-order valence-electron chi connectivity index (χ4n) is 6.49. The zero-order valence-electron chi connectivity index (χ0n) is 36.7. The maximum atomic E-state index is 12.9. The van der Waals surface area contributed by atoms with Crippen molar-refractivity contribution in [3.63, 3.8) is 0 Å². The van der Waals surface area contributed by atoms with Crippen molar-refractivity contribution in [2.75, 3.05) is 40.9 Å². The van der Waals surface area contributed by atoms with E-state index in [4.69, 9.17) is 9.05 Å². The highest BCUT2D eigenvalue weighted by Gasteiger charge is 2.27. The Balaban J connectivity index is 4.29. The molecule has 1 amide bonds. The minimum Gasteiger partial charge on any atom is -0.387 e. The van der Waals surface area contributed by atoms with E-state index in [-0.39, 0.29) is 19.1 Å². The van der Waals surface area contributed by atoms with Gasteiger partial charge < -0.3 is 19.8 Å². The molecule has 3 N–H and O–H groups in total. The quantitative estimate of drug-likeness (QED) is 0.0246. The number of hydrogen-bond acceptors (Lipinski definition) is 5. The molecule has 0 rings (SSSR count). The second-order valence-electron chi connectivity index (χ2n) is 16.8. The molecular formula is C46H90N2O6P+. The maximum Gasteiger partial charge on any atom is 0.472 e. The van der Waals surface area contributed by atoms with Gasteiger partial charge in [-0.1, -0.05) is 185 Å². The molecule has 0 spiro atoms. The maximum absolute atomic E-state index is 12.9. The van der Waals surface area contributed by atoms with Crippen molar-refractivity contribution in [1.82, 2.24) is 5.32 Å². The van der Waals surface area contributed by atoms with E-state index in [1.165, 1.54) is 128 Å². The molecule has 3 atom stereocenters. The van der Waals surface area contributed by atoms with Crippen LogP contribution in [-0.4, -0.2) is 73.4 Å². The van der Waals surface area contributed by atoms with Crippen LogP contribution in [0.15, 0.2) is 36.5 Å². The monoisotopic (exact) mass is 798 g/mol. The standard InChI is InChI=1S/C46H89N2O6P/c1-6-8-10-12-14-16-18-20-21-22-23-24-25-26-27-28-30-32-34-36-38-40-46(50)47-44(43-54-55(51,52)53-42-41-48(3,4)5)45(49)39-37-35-33-31-29-19-17-15-13-11-9-7-2/h8,10,14,16,37,39,44-45,49H,6-7,9,11-13,15,17-36,38,40-43H2,1-5H3,(H-,47,50,51,52)/p+1/b10-8-,16-14-,39-37+. The second kappa shape index (κ2) is 38.2. The number of phosphoric acid groups is 1. The van der Waals surface area contributed by atoms with Crippen molar-refractivity contribution >= 4 is 13.7 Å². The highest BCUT2D eigenvalue weighted by atomic mass is 31.2. The second-order valence-corrected chi connectivity index (χ2v) is 18.2. The van der Waals surface area contributed by atoms with Crippen LogP contribution in [0.2, 0.25) is 0 Å². The Morgan fingerprint density at radius 3 is 1.58 bits per heavy atom. The van der Waals surface area contributed by atoms with Gasteiger partial charge in [0.05, 0.1) is 39.9 Å². The summed E-state index contributed by atoms with van der Waals surface area (Å²) in [5, 5.41) is 13.8. The summed E-state index contributed by atoms with van der Waals surface area (Å²) < 4.78 is 23.5. The molecule has 9 heteroatoms. The Kier molecular flexibility index (Phi) is 37.4. The van der Waals surface area contributed by atoms with E-state index in [1.54, 1.807) is 6.08 Å². The predicted octanol–water partition coefficient (Wildman–Crippen LogP) is 12.7. The summed E-state index contributed by atoms with van der Waals surface area (Å²) in [6.45, 7) is 4.70. The number of rotatable bonds is 41. The topological polar surface area (TPSA) is 105 Å². The van der Waals surface area contributed by atoms with Crippen LogP contribution in [0.5, 0.6) is 0 Å². The van der Waals surface area contributed by atoms with E-state index < -0.39 is 20.0 Å². The molecule has 0 saturated carbocycles. The first-order valence-electron chi connectivity index (χ1n) is 22.9. The number of phosphoric ester groups is 1. The molecule has 0 aliphatic carbocycles. The molecule has 3 unspecified atom stereocenters. The molecule has 0 heterocycles. The largest absolute Gasteiger partial charge is 0.472 e. The van der Waals surface area contributed by atoms with Crippen molar-refractivity contribution in [3.05, 3.63) is 36.5 Å². The third kappa shape index (κ3) is 40.7. The minimum absolute atomic E-state index is 0.0618. The molecule has 0 saturated heterocycles. The molecule has 0 aromatic heterocycles. The highest BCUT2D eigenvalue weighted by molar-refractivity contribution is 7.47. The number of aliphatic hydroxyl groups is 1. The van der Waals surface area contributed by atoms with Gasteiger partial charge in [-0.05, 0) is 44.9 Å². The van der Waals surface area contributed by atoms with Crippen LogP contribution < -0.4 is 5.32 Å². The number of nitrogens with one attached hydrogen (secondary N) is 1. The zero-order valence-corrected chi connectivity index (χ0v) is 37.6. The lowest BCUT2D eigenvalue weighted by atomic mass is 10.0. The van der Waals surface area contributed by atoms with E-state index in [2.05, 4.69) is 43.5 Å². The summed E-state index contributed by atoms with van der Waals surface area (Å²) in [6.07, 6.45) is 46.4. The van der Waals surface area contributed by atoms with Crippen molar-refractivity contribution in [3.8, 4) is 0 Å². The summed E-state index contributed by atoms with van der Waals surface area (Å²) >= 11 is 0. The first-order valence-corrected chi connectivity index (χ1v) is 24.4. The van der Waals surface area contributed by atoms with E-state index in [9.17, 15) is 19.4 Å². The lowest BCUT2D eigenvalue weighted by Gasteiger charge is -2.25. The van der Waals surface area contributed by atoms with Gasteiger partial charge in [0.15, 0.2) is 0 Å². The van der Waals surface area contributed by atoms with Gasteiger partial charge in [-0.3, -0.25) is 13.8 Å². The molecule has 0 aliphatic rings. The van der Waals surface area contributed by atoms with Crippen molar-refractivity contribution < 1.29 is 32.9 Å². The molecule has 8 nitrogen and oxygen atoms in total. The first kappa shape index (κ1) is 53.7. The third-order valence-corrected chi connectivity index (χ3v) is 11.1. The van der Waals surface area contributed by atoms with E-state index in [1.807, 2.05) is 27.2 Å².